The number of nitrogens with one attached hydrogen (secondary N) is 1. The van der Waals surface area contributed by atoms with E-state index in [2.05, 4.69) is 4.98 Å². The molecule has 29 heavy (non-hydrogen) atoms. The summed E-state index contributed by atoms with van der Waals surface area (Å²) in [7, 11) is -3.87. The summed E-state index contributed by atoms with van der Waals surface area (Å²) in [4.78, 5) is 13.9. The van der Waals surface area contributed by atoms with Gasteiger partial charge in [-0.2, -0.15) is 0 Å². The van der Waals surface area contributed by atoms with Gasteiger partial charge in [-0.1, -0.05) is 18.2 Å². The first-order valence-corrected chi connectivity index (χ1v) is 10.1. The molecule has 1 aromatic heterocycles. The van der Waals surface area contributed by atoms with Crippen molar-refractivity contribution >= 4 is 9.84 Å². The maximum Gasteiger partial charge on any atom is 0.253 e. The quantitative estimate of drug-likeness (QED) is 0.630. The number of H-pyrrole nitrogens is 1. The average Bonchev–Trinajstić information content (AvgIpc) is 2.70. The Kier molecular flexibility index (Phi) is 6.07. The van der Waals surface area contributed by atoms with E-state index in [1.54, 1.807) is 6.07 Å². The van der Waals surface area contributed by atoms with Crippen LogP contribution in [0.1, 0.15) is 5.56 Å². The molecule has 0 unspecified atom stereocenters. The second-order valence-electron chi connectivity index (χ2n) is 6.11. The standard InChI is InChI=1S/C20H16F3NO4S/c21-11-13-9-14(12-24-20(13)25)16-3-1-2-4-19(16)29(26,27)8-7-28-18-6-5-15(22)10-17(18)23/h1-6,9-10,12H,7-8,11H2,(H,24,25). The third-order valence-corrected chi connectivity index (χ3v) is 5.89. The summed E-state index contributed by atoms with van der Waals surface area (Å²) in [5.74, 6) is -2.44. The first kappa shape index (κ1) is 20.7. The molecule has 0 bridgehead atoms. The lowest BCUT2D eigenvalue weighted by Crippen LogP contribution is -2.16. The summed E-state index contributed by atoms with van der Waals surface area (Å²) in [6.45, 7) is -1.35. The fraction of sp³-hybridized carbons (Fsp3) is 0.150. The highest BCUT2D eigenvalue weighted by molar-refractivity contribution is 7.91. The molecule has 5 nitrogen and oxygen atoms in total. The van der Waals surface area contributed by atoms with Gasteiger partial charge in [-0.05, 0) is 29.8 Å². The summed E-state index contributed by atoms with van der Waals surface area (Å²) < 4.78 is 70.3. The van der Waals surface area contributed by atoms with Crippen LogP contribution in [0.3, 0.4) is 0 Å². The van der Waals surface area contributed by atoms with Crippen molar-refractivity contribution in [2.45, 2.75) is 11.6 Å². The molecule has 1 heterocycles. The fourth-order valence-electron chi connectivity index (χ4n) is 2.73. The van der Waals surface area contributed by atoms with Gasteiger partial charge in [0, 0.05) is 23.4 Å². The average molecular weight is 423 g/mol. The van der Waals surface area contributed by atoms with E-state index < -0.39 is 39.5 Å². The normalized spacial score (nSPS) is 11.4. The molecule has 3 rings (SSSR count). The van der Waals surface area contributed by atoms with Gasteiger partial charge in [0.25, 0.3) is 5.56 Å². The number of alkyl halides is 1. The lowest BCUT2D eigenvalue weighted by Gasteiger charge is -2.12. The monoisotopic (exact) mass is 423 g/mol. The van der Waals surface area contributed by atoms with Gasteiger partial charge in [-0.3, -0.25) is 4.79 Å². The number of aromatic nitrogens is 1. The minimum absolute atomic E-state index is 0.0416. The molecule has 3 aromatic rings. The van der Waals surface area contributed by atoms with E-state index in [1.807, 2.05) is 0 Å². The predicted octanol–water partition coefficient (Wildman–Crippen LogP) is 3.64. The third-order valence-electron chi connectivity index (χ3n) is 4.16. The van der Waals surface area contributed by atoms with Gasteiger partial charge in [-0.25, -0.2) is 21.6 Å². The number of pyridine rings is 1. The largest absolute Gasteiger partial charge is 0.489 e. The Morgan fingerprint density at radius 2 is 1.79 bits per heavy atom. The topological polar surface area (TPSA) is 76.2 Å². The molecule has 0 saturated heterocycles. The van der Waals surface area contributed by atoms with E-state index in [0.29, 0.717) is 11.6 Å². The van der Waals surface area contributed by atoms with Crippen LogP contribution in [0.25, 0.3) is 11.1 Å². The summed E-state index contributed by atoms with van der Waals surface area (Å²) in [6, 6.07) is 10.0. The highest BCUT2D eigenvalue weighted by Crippen LogP contribution is 2.28. The molecule has 152 valence electrons. The number of sulfone groups is 1. The van der Waals surface area contributed by atoms with Crippen molar-refractivity contribution in [1.29, 1.82) is 0 Å². The summed E-state index contributed by atoms with van der Waals surface area (Å²) >= 11 is 0. The van der Waals surface area contributed by atoms with Gasteiger partial charge in [-0.15, -0.1) is 0 Å². The Bertz CT molecular complexity index is 1190. The van der Waals surface area contributed by atoms with Crippen LogP contribution in [-0.2, 0) is 16.5 Å². The lowest BCUT2D eigenvalue weighted by molar-refractivity contribution is 0.321. The zero-order valence-electron chi connectivity index (χ0n) is 15.0. The van der Waals surface area contributed by atoms with Crippen LogP contribution < -0.4 is 10.3 Å². The van der Waals surface area contributed by atoms with Crippen LogP contribution in [0.2, 0.25) is 0 Å². The van der Waals surface area contributed by atoms with Crippen LogP contribution in [0.5, 0.6) is 5.75 Å². The SMILES string of the molecule is O=c1[nH]cc(-c2ccccc2S(=O)(=O)CCOc2ccc(F)cc2F)cc1CF. The lowest BCUT2D eigenvalue weighted by atomic mass is 10.1. The fourth-order valence-corrected chi connectivity index (χ4v) is 4.06. The molecule has 0 aliphatic heterocycles. The molecule has 0 aliphatic carbocycles. The Morgan fingerprint density at radius 3 is 2.52 bits per heavy atom. The van der Waals surface area contributed by atoms with Crippen LogP contribution in [0, 0.1) is 11.6 Å². The van der Waals surface area contributed by atoms with E-state index in [1.165, 1.54) is 30.5 Å². The molecule has 9 heteroatoms. The first-order chi connectivity index (χ1) is 13.8. The van der Waals surface area contributed by atoms with Gasteiger partial charge < -0.3 is 9.72 Å². The number of halogens is 3. The van der Waals surface area contributed by atoms with Crippen molar-refractivity contribution in [2.24, 2.45) is 0 Å². The number of hydrogen-bond donors (Lipinski definition) is 1. The highest BCUT2D eigenvalue weighted by atomic mass is 32.2. The minimum atomic E-state index is -3.87. The Labute approximate surface area is 164 Å². The van der Waals surface area contributed by atoms with Gasteiger partial charge >= 0.3 is 0 Å². The van der Waals surface area contributed by atoms with Gasteiger partial charge in [0.2, 0.25) is 0 Å². The van der Waals surface area contributed by atoms with Gasteiger partial charge in [0.15, 0.2) is 21.4 Å². The third kappa shape index (κ3) is 4.68. The number of ether oxygens (including phenoxy) is 1. The number of rotatable bonds is 7. The minimum Gasteiger partial charge on any atom is -0.489 e. The van der Waals surface area contributed by atoms with E-state index in [4.69, 9.17) is 4.74 Å². The van der Waals surface area contributed by atoms with Crippen LogP contribution in [0.4, 0.5) is 13.2 Å². The Balaban J connectivity index is 1.85. The Hall–Kier alpha value is -3.07. The summed E-state index contributed by atoms with van der Waals surface area (Å²) in [6.07, 6.45) is 1.31. The van der Waals surface area contributed by atoms with Crippen molar-refractivity contribution in [3.63, 3.8) is 0 Å². The number of benzene rings is 2. The zero-order valence-corrected chi connectivity index (χ0v) is 15.8. The van der Waals surface area contributed by atoms with Crippen molar-refractivity contribution in [1.82, 2.24) is 4.98 Å². The molecule has 0 amide bonds. The maximum absolute atomic E-state index is 13.6. The summed E-state index contributed by atoms with van der Waals surface area (Å²) in [5, 5.41) is 0. The molecule has 0 fully saturated rings. The van der Waals surface area contributed by atoms with Gasteiger partial charge in [0.05, 0.1) is 10.6 Å². The maximum atomic E-state index is 13.6. The summed E-state index contributed by atoms with van der Waals surface area (Å²) in [5.41, 5.74) is -0.0931. The first-order valence-electron chi connectivity index (χ1n) is 8.49. The molecule has 0 atom stereocenters. The molecule has 0 radical (unpaired) electrons. The Morgan fingerprint density at radius 1 is 1.03 bits per heavy atom. The second-order valence-corrected chi connectivity index (χ2v) is 8.19. The number of hydrogen-bond acceptors (Lipinski definition) is 4. The highest BCUT2D eigenvalue weighted by Gasteiger charge is 2.20. The van der Waals surface area contributed by atoms with Gasteiger partial charge in [0.1, 0.15) is 19.1 Å². The predicted molar refractivity (Wildman–Crippen MR) is 101 cm³/mol. The van der Waals surface area contributed by atoms with Crippen molar-refractivity contribution in [3.05, 3.63) is 82.3 Å². The number of aromatic amines is 1. The van der Waals surface area contributed by atoms with Crippen LogP contribution >= 0.6 is 0 Å². The molecule has 0 saturated carbocycles. The molecular formula is C20H16F3NO4S. The van der Waals surface area contributed by atoms with Crippen molar-refractivity contribution < 1.29 is 26.3 Å². The van der Waals surface area contributed by atoms with Crippen molar-refractivity contribution in [3.8, 4) is 16.9 Å². The second kappa shape index (κ2) is 8.52. The molecular weight excluding hydrogens is 407 g/mol. The molecule has 0 spiro atoms. The van der Waals surface area contributed by atoms with E-state index >= 15 is 0 Å². The van der Waals surface area contributed by atoms with Crippen molar-refractivity contribution in [2.75, 3.05) is 12.4 Å². The van der Waals surface area contributed by atoms with E-state index in [-0.39, 0.29) is 28.4 Å². The smallest absolute Gasteiger partial charge is 0.253 e. The van der Waals surface area contributed by atoms with E-state index in [9.17, 15) is 26.4 Å². The van der Waals surface area contributed by atoms with E-state index in [0.717, 1.165) is 12.1 Å². The zero-order chi connectivity index (χ0) is 21.0. The molecule has 0 aliphatic rings. The van der Waals surface area contributed by atoms with Crippen LogP contribution in [0.15, 0.2) is 64.4 Å². The molecule has 2 aromatic carbocycles. The molecule has 1 N–H and O–H groups in total. The van der Waals surface area contributed by atoms with Crippen LogP contribution in [-0.4, -0.2) is 25.8 Å².